The Bertz CT molecular complexity index is 365. The molecule has 2 rings (SSSR count). The van der Waals surface area contributed by atoms with Gasteiger partial charge in [0.15, 0.2) is 0 Å². The highest BCUT2D eigenvalue weighted by Gasteiger charge is 2.22. The molecular weight excluding hydrogens is 220 g/mol. The van der Waals surface area contributed by atoms with E-state index in [1.54, 1.807) is 0 Å². The van der Waals surface area contributed by atoms with Crippen LogP contribution in [0.5, 0.6) is 0 Å². The number of benzene rings is 1. The van der Waals surface area contributed by atoms with Gasteiger partial charge in [0.05, 0.1) is 10.7 Å². The van der Waals surface area contributed by atoms with E-state index in [9.17, 15) is 0 Å². The fourth-order valence-corrected chi connectivity index (χ4v) is 2.71. The summed E-state index contributed by atoms with van der Waals surface area (Å²) < 4.78 is 0. The second kappa shape index (κ2) is 5.07. The van der Waals surface area contributed by atoms with Gasteiger partial charge < -0.3 is 10.6 Å². The lowest BCUT2D eigenvalue weighted by Crippen LogP contribution is -2.26. The van der Waals surface area contributed by atoms with Crippen LogP contribution >= 0.6 is 11.6 Å². The van der Waals surface area contributed by atoms with E-state index in [1.807, 2.05) is 0 Å². The first kappa shape index (κ1) is 11.7. The molecule has 0 bridgehead atoms. The van der Waals surface area contributed by atoms with E-state index in [4.69, 9.17) is 17.3 Å². The second-order valence-corrected chi connectivity index (χ2v) is 4.92. The normalized spacial score (nSPS) is 20.4. The van der Waals surface area contributed by atoms with Crippen LogP contribution in [0.2, 0.25) is 5.02 Å². The molecule has 0 radical (unpaired) electrons. The lowest BCUT2D eigenvalue weighted by Gasteiger charge is -2.25. The van der Waals surface area contributed by atoms with Gasteiger partial charge in [-0.1, -0.05) is 17.7 Å². The van der Waals surface area contributed by atoms with Gasteiger partial charge in [-0.25, -0.2) is 0 Å². The minimum Gasteiger partial charge on any atom is -0.368 e. The molecule has 0 spiro atoms. The number of anilines is 1. The largest absolute Gasteiger partial charge is 0.368 e. The smallest absolute Gasteiger partial charge is 0.0642 e. The van der Waals surface area contributed by atoms with Crippen LogP contribution in [0.1, 0.15) is 25.3 Å². The maximum Gasteiger partial charge on any atom is 0.0642 e. The Kier molecular flexibility index (Phi) is 3.72. The van der Waals surface area contributed by atoms with E-state index >= 15 is 0 Å². The summed E-state index contributed by atoms with van der Waals surface area (Å²) in [6.07, 6.45) is 3.43. The van der Waals surface area contributed by atoms with Crippen molar-refractivity contribution in [2.24, 2.45) is 5.73 Å². The Labute approximate surface area is 102 Å². The molecular formula is C13H19ClN2. The summed E-state index contributed by atoms with van der Waals surface area (Å²) in [6, 6.07) is 6.93. The summed E-state index contributed by atoms with van der Waals surface area (Å²) in [5.74, 6) is 0. The molecule has 1 aliphatic heterocycles. The third-order valence-corrected chi connectivity index (χ3v) is 3.61. The predicted molar refractivity (Wildman–Crippen MR) is 70.3 cm³/mol. The minimum absolute atomic E-state index is 0.609. The van der Waals surface area contributed by atoms with Gasteiger partial charge in [0.1, 0.15) is 0 Å². The first-order chi connectivity index (χ1) is 7.72. The van der Waals surface area contributed by atoms with Crippen molar-refractivity contribution in [1.29, 1.82) is 0 Å². The van der Waals surface area contributed by atoms with Gasteiger partial charge in [0.2, 0.25) is 0 Å². The third-order valence-electron chi connectivity index (χ3n) is 3.31. The average Bonchev–Trinajstić information content (AvgIpc) is 2.65. The van der Waals surface area contributed by atoms with E-state index in [2.05, 4.69) is 30.0 Å². The predicted octanol–water partition coefficient (Wildman–Crippen LogP) is 2.83. The standard InChI is InChI=1S/C13H19ClN2/c1-10-3-2-8-16(10)13-5-4-11(6-7-15)9-12(13)14/h4-5,9-10H,2-3,6-8,15H2,1H3. The van der Waals surface area contributed by atoms with Gasteiger partial charge in [-0.2, -0.15) is 0 Å². The third kappa shape index (κ3) is 2.33. The van der Waals surface area contributed by atoms with Crippen LogP contribution < -0.4 is 10.6 Å². The first-order valence-corrected chi connectivity index (χ1v) is 6.35. The zero-order valence-corrected chi connectivity index (χ0v) is 10.5. The van der Waals surface area contributed by atoms with Crippen LogP contribution in [0.3, 0.4) is 0 Å². The van der Waals surface area contributed by atoms with Crippen LogP contribution in [0.4, 0.5) is 5.69 Å². The van der Waals surface area contributed by atoms with Crippen molar-refractivity contribution >= 4 is 17.3 Å². The fraction of sp³-hybridized carbons (Fsp3) is 0.538. The number of nitrogens with two attached hydrogens (primary N) is 1. The molecule has 1 unspecified atom stereocenters. The van der Waals surface area contributed by atoms with Crippen molar-refractivity contribution in [3.63, 3.8) is 0 Å². The number of nitrogens with zero attached hydrogens (tertiary/aromatic N) is 1. The van der Waals surface area contributed by atoms with Crippen molar-refractivity contribution in [1.82, 2.24) is 0 Å². The number of hydrogen-bond donors (Lipinski definition) is 1. The Balaban J connectivity index is 2.21. The van der Waals surface area contributed by atoms with Crippen molar-refractivity contribution in [2.45, 2.75) is 32.2 Å². The molecule has 1 aromatic carbocycles. The molecule has 0 aromatic heterocycles. The number of rotatable bonds is 3. The van der Waals surface area contributed by atoms with Crippen LogP contribution in [0.15, 0.2) is 18.2 Å². The number of hydrogen-bond acceptors (Lipinski definition) is 2. The quantitative estimate of drug-likeness (QED) is 0.878. The van der Waals surface area contributed by atoms with Crippen LogP contribution in [0.25, 0.3) is 0 Å². The summed E-state index contributed by atoms with van der Waals surface area (Å²) in [4.78, 5) is 2.40. The minimum atomic E-state index is 0.609. The van der Waals surface area contributed by atoms with Gasteiger partial charge in [-0.15, -0.1) is 0 Å². The molecule has 2 nitrogen and oxygen atoms in total. The molecule has 3 heteroatoms. The van der Waals surface area contributed by atoms with Gasteiger partial charge >= 0.3 is 0 Å². The Morgan fingerprint density at radius 2 is 2.31 bits per heavy atom. The SMILES string of the molecule is CC1CCCN1c1ccc(CCN)cc1Cl. The monoisotopic (exact) mass is 238 g/mol. The molecule has 0 aliphatic carbocycles. The maximum absolute atomic E-state index is 6.33. The molecule has 88 valence electrons. The zero-order chi connectivity index (χ0) is 11.5. The van der Waals surface area contributed by atoms with Gasteiger partial charge in [-0.05, 0) is 50.4 Å². The molecule has 16 heavy (non-hydrogen) atoms. The summed E-state index contributed by atoms with van der Waals surface area (Å²) in [6.45, 7) is 4.06. The Morgan fingerprint density at radius 3 is 2.88 bits per heavy atom. The second-order valence-electron chi connectivity index (χ2n) is 4.51. The summed E-state index contributed by atoms with van der Waals surface area (Å²) in [7, 11) is 0. The van der Waals surface area contributed by atoms with Gasteiger partial charge in [0, 0.05) is 12.6 Å². The Morgan fingerprint density at radius 1 is 1.50 bits per heavy atom. The summed E-state index contributed by atoms with van der Waals surface area (Å²) in [5.41, 5.74) is 7.94. The molecule has 2 N–H and O–H groups in total. The zero-order valence-electron chi connectivity index (χ0n) is 9.75. The molecule has 1 aromatic rings. The highest BCUT2D eigenvalue weighted by atomic mass is 35.5. The summed E-state index contributed by atoms with van der Waals surface area (Å²) in [5, 5.41) is 0.861. The van der Waals surface area contributed by atoms with Crippen LogP contribution in [0, 0.1) is 0 Å². The van der Waals surface area contributed by atoms with Gasteiger partial charge in [-0.3, -0.25) is 0 Å². The lowest BCUT2D eigenvalue weighted by atomic mass is 10.1. The molecule has 1 saturated heterocycles. The van der Waals surface area contributed by atoms with E-state index < -0.39 is 0 Å². The topological polar surface area (TPSA) is 29.3 Å². The van der Waals surface area contributed by atoms with Gasteiger partial charge in [0.25, 0.3) is 0 Å². The Hall–Kier alpha value is -0.730. The van der Waals surface area contributed by atoms with Crippen LogP contribution in [-0.4, -0.2) is 19.1 Å². The maximum atomic E-state index is 6.33. The lowest BCUT2D eigenvalue weighted by molar-refractivity contribution is 0.735. The highest BCUT2D eigenvalue weighted by molar-refractivity contribution is 6.33. The van der Waals surface area contributed by atoms with Crippen molar-refractivity contribution in [3.8, 4) is 0 Å². The summed E-state index contributed by atoms with van der Waals surface area (Å²) >= 11 is 6.33. The van der Waals surface area contributed by atoms with Crippen molar-refractivity contribution in [3.05, 3.63) is 28.8 Å². The first-order valence-electron chi connectivity index (χ1n) is 5.97. The average molecular weight is 239 g/mol. The van der Waals surface area contributed by atoms with E-state index in [-0.39, 0.29) is 0 Å². The molecule has 0 saturated carbocycles. The number of halogens is 1. The van der Waals surface area contributed by atoms with E-state index in [0.29, 0.717) is 12.6 Å². The van der Waals surface area contributed by atoms with E-state index in [0.717, 1.165) is 18.0 Å². The highest BCUT2D eigenvalue weighted by Crippen LogP contribution is 2.32. The molecule has 1 atom stereocenters. The molecule has 1 heterocycles. The van der Waals surface area contributed by atoms with E-state index in [1.165, 1.54) is 24.1 Å². The van der Waals surface area contributed by atoms with Crippen LogP contribution in [-0.2, 0) is 6.42 Å². The molecule has 1 fully saturated rings. The fourth-order valence-electron chi connectivity index (χ4n) is 2.40. The molecule has 1 aliphatic rings. The molecule has 0 amide bonds. The van der Waals surface area contributed by atoms with Crippen molar-refractivity contribution < 1.29 is 0 Å². The van der Waals surface area contributed by atoms with Crippen molar-refractivity contribution in [2.75, 3.05) is 18.0 Å².